The number of methoxy groups -OCH3 is 2. The quantitative estimate of drug-likeness (QED) is 0.825. The average molecular weight is 266 g/mol. The highest BCUT2D eigenvalue weighted by atomic mass is 16.5. The molecule has 0 heterocycles. The van der Waals surface area contributed by atoms with Crippen LogP contribution in [0.3, 0.4) is 0 Å². The summed E-state index contributed by atoms with van der Waals surface area (Å²) in [6, 6.07) is 5.45. The van der Waals surface area contributed by atoms with E-state index in [0.717, 1.165) is 5.56 Å². The minimum absolute atomic E-state index is 0.198. The van der Waals surface area contributed by atoms with Crippen LogP contribution in [0.15, 0.2) is 18.2 Å². The second-order valence-electron chi connectivity index (χ2n) is 4.48. The summed E-state index contributed by atoms with van der Waals surface area (Å²) in [6.45, 7) is 4.08. The molecule has 0 spiro atoms. The summed E-state index contributed by atoms with van der Waals surface area (Å²) in [5.41, 5.74) is 6.28. The van der Waals surface area contributed by atoms with Crippen molar-refractivity contribution in [3.8, 4) is 5.75 Å². The maximum absolute atomic E-state index is 12.2. The topological polar surface area (TPSA) is 73.6 Å². The number of nitrogens with one attached hydrogen (secondary N) is 1. The fourth-order valence-electron chi connectivity index (χ4n) is 1.62. The Hall–Kier alpha value is -1.59. The first-order valence-electron chi connectivity index (χ1n) is 6.24. The summed E-state index contributed by atoms with van der Waals surface area (Å²) in [5.74, 6) is 0.391. The molecule has 106 valence electrons. The third-order valence-corrected chi connectivity index (χ3v) is 3.36. The summed E-state index contributed by atoms with van der Waals surface area (Å²) in [4.78, 5) is 12.2. The third kappa shape index (κ3) is 3.45. The van der Waals surface area contributed by atoms with Gasteiger partial charge in [-0.15, -0.1) is 0 Å². The molecule has 1 unspecified atom stereocenters. The number of hydrogen-bond acceptors (Lipinski definition) is 4. The minimum atomic E-state index is -0.850. The molecule has 0 radical (unpaired) electrons. The molecular weight excluding hydrogens is 244 g/mol. The van der Waals surface area contributed by atoms with E-state index in [9.17, 15) is 4.79 Å². The Bertz CT molecular complexity index is 442. The molecule has 0 aliphatic carbocycles. The standard InChI is InChI=1S/C14H22N2O3/c1-5-14(2,19-4)13(17)16-11-7-6-10(9-15)8-12(11)18-3/h6-8H,5,9,15H2,1-4H3,(H,16,17). The first-order chi connectivity index (χ1) is 9.00. The molecule has 3 N–H and O–H groups in total. The highest BCUT2D eigenvalue weighted by Crippen LogP contribution is 2.27. The number of ether oxygens (including phenoxy) is 2. The zero-order valence-corrected chi connectivity index (χ0v) is 11.9. The first-order valence-corrected chi connectivity index (χ1v) is 6.24. The van der Waals surface area contributed by atoms with Gasteiger partial charge in [-0.25, -0.2) is 0 Å². The lowest BCUT2D eigenvalue weighted by molar-refractivity contribution is -0.136. The number of rotatable bonds is 6. The molecule has 1 rings (SSSR count). The Balaban J connectivity index is 2.96. The molecule has 1 aromatic carbocycles. The van der Waals surface area contributed by atoms with Gasteiger partial charge >= 0.3 is 0 Å². The van der Waals surface area contributed by atoms with E-state index in [1.54, 1.807) is 20.1 Å². The predicted molar refractivity (Wildman–Crippen MR) is 75.2 cm³/mol. The SMILES string of the molecule is CCC(C)(OC)C(=O)Nc1ccc(CN)cc1OC. The fraction of sp³-hybridized carbons (Fsp3) is 0.500. The second kappa shape index (κ2) is 6.54. The van der Waals surface area contributed by atoms with E-state index in [-0.39, 0.29) is 5.91 Å². The molecule has 1 aromatic rings. The van der Waals surface area contributed by atoms with Crippen LogP contribution in [-0.2, 0) is 16.1 Å². The van der Waals surface area contributed by atoms with Crippen LogP contribution in [0, 0.1) is 0 Å². The van der Waals surface area contributed by atoms with Gasteiger partial charge < -0.3 is 20.5 Å². The van der Waals surface area contributed by atoms with Crippen LogP contribution in [0.1, 0.15) is 25.8 Å². The lowest BCUT2D eigenvalue weighted by Gasteiger charge is -2.25. The molecule has 19 heavy (non-hydrogen) atoms. The van der Waals surface area contributed by atoms with Gasteiger partial charge in [-0.05, 0) is 31.0 Å². The largest absolute Gasteiger partial charge is 0.495 e. The first kappa shape index (κ1) is 15.5. The van der Waals surface area contributed by atoms with Gasteiger partial charge in [0.1, 0.15) is 11.4 Å². The molecule has 0 saturated carbocycles. The van der Waals surface area contributed by atoms with Crippen molar-refractivity contribution in [1.29, 1.82) is 0 Å². The van der Waals surface area contributed by atoms with Crippen molar-refractivity contribution < 1.29 is 14.3 Å². The Morgan fingerprint density at radius 3 is 2.58 bits per heavy atom. The molecule has 1 amide bonds. The number of benzene rings is 1. The zero-order valence-electron chi connectivity index (χ0n) is 11.9. The lowest BCUT2D eigenvalue weighted by Crippen LogP contribution is -2.41. The normalized spacial score (nSPS) is 13.7. The molecule has 5 heteroatoms. The number of carbonyl (C=O) groups excluding carboxylic acids is 1. The number of carbonyl (C=O) groups is 1. The van der Waals surface area contributed by atoms with E-state index in [2.05, 4.69) is 5.32 Å². The number of nitrogens with two attached hydrogens (primary N) is 1. The van der Waals surface area contributed by atoms with Crippen molar-refractivity contribution in [3.63, 3.8) is 0 Å². The van der Waals surface area contributed by atoms with Crippen molar-refractivity contribution in [2.75, 3.05) is 19.5 Å². The Morgan fingerprint density at radius 1 is 1.42 bits per heavy atom. The van der Waals surface area contributed by atoms with Gasteiger partial charge in [0.05, 0.1) is 12.8 Å². The van der Waals surface area contributed by atoms with Crippen molar-refractivity contribution >= 4 is 11.6 Å². The molecule has 5 nitrogen and oxygen atoms in total. The molecule has 0 saturated heterocycles. The summed E-state index contributed by atoms with van der Waals surface area (Å²) in [6.07, 6.45) is 0.582. The van der Waals surface area contributed by atoms with Gasteiger partial charge in [0.2, 0.25) is 0 Å². The third-order valence-electron chi connectivity index (χ3n) is 3.36. The monoisotopic (exact) mass is 266 g/mol. The number of hydrogen-bond donors (Lipinski definition) is 2. The zero-order chi connectivity index (χ0) is 14.5. The van der Waals surface area contributed by atoms with Gasteiger partial charge in [0.25, 0.3) is 5.91 Å². The Labute approximate surface area is 114 Å². The van der Waals surface area contributed by atoms with E-state index in [1.165, 1.54) is 7.11 Å². The van der Waals surface area contributed by atoms with E-state index in [0.29, 0.717) is 24.4 Å². The van der Waals surface area contributed by atoms with Crippen LogP contribution in [0.4, 0.5) is 5.69 Å². The number of amides is 1. The number of anilines is 1. The van der Waals surface area contributed by atoms with Gasteiger partial charge in [0.15, 0.2) is 0 Å². The molecule has 0 aliphatic heterocycles. The van der Waals surface area contributed by atoms with Gasteiger partial charge in [-0.2, -0.15) is 0 Å². The molecule has 0 fully saturated rings. The second-order valence-corrected chi connectivity index (χ2v) is 4.48. The van der Waals surface area contributed by atoms with Crippen LogP contribution in [0.5, 0.6) is 5.75 Å². The van der Waals surface area contributed by atoms with Crippen LogP contribution in [0.2, 0.25) is 0 Å². The summed E-state index contributed by atoms with van der Waals surface area (Å²) in [5, 5.41) is 2.83. The molecule has 0 aliphatic rings. The molecule has 0 bridgehead atoms. The molecular formula is C14H22N2O3. The van der Waals surface area contributed by atoms with Crippen molar-refractivity contribution in [3.05, 3.63) is 23.8 Å². The predicted octanol–water partition coefficient (Wildman–Crippen LogP) is 1.91. The Kier molecular flexibility index (Phi) is 5.32. The molecule has 1 atom stereocenters. The fourth-order valence-corrected chi connectivity index (χ4v) is 1.62. The lowest BCUT2D eigenvalue weighted by atomic mass is 10.0. The van der Waals surface area contributed by atoms with Crippen LogP contribution in [-0.4, -0.2) is 25.7 Å². The average Bonchev–Trinajstić information content (AvgIpc) is 2.46. The van der Waals surface area contributed by atoms with Crippen LogP contribution in [0.25, 0.3) is 0 Å². The van der Waals surface area contributed by atoms with E-state index in [1.807, 2.05) is 19.1 Å². The van der Waals surface area contributed by atoms with Gasteiger partial charge in [-0.3, -0.25) is 4.79 Å². The van der Waals surface area contributed by atoms with Crippen LogP contribution >= 0.6 is 0 Å². The molecule has 0 aromatic heterocycles. The van der Waals surface area contributed by atoms with E-state index >= 15 is 0 Å². The van der Waals surface area contributed by atoms with Crippen molar-refractivity contribution in [2.24, 2.45) is 5.73 Å². The summed E-state index contributed by atoms with van der Waals surface area (Å²) < 4.78 is 10.5. The highest BCUT2D eigenvalue weighted by Gasteiger charge is 2.31. The maximum atomic E-state index is 12.2. The van der Waals surface area contributed by atoms with Crippen molar-refractivity contribution in [2.45, 2.75) is 32.4 Å². The van der Waals surface area contributed by atoms with Crippen LogP contribution < -0.4 is 15.8 Å². The van der Waals surface area contributed by atoms with E-state index in [4.69, 9.17) is 15.2 Å². The van der Waals surface area contributed by atoms with Gasteiger partial charge in [-0.1, -0.05) is 13.0 Å². The maximum Gasteiger partial charge on any atom is 0.256 e. The van der Waals surface area contributed by atoms with Crippen molar-refractivity contribution in [1.82, 2.24) is 0 Å². The summed E-state index contributed by atoms with van der Waals surface area (Å²) in [7, 11) is 3.08. The smallest absolute Gasteiger partial charge is 0.256 e. The summed E-state index contributed by atoms with van der Waals surface area (Å²) >= 11 is 0. The highest BCUT2D eigenvalue weighted by molar-refractivity contribution is 5.98. The Morgan fingerprint density at radius 2 is 2.11 bits per heavy atom. The minimum Gasteiger partial charge on any atom is -0.495 e. The van der Waals surface area contributed by atoms with E-state index < -0.39 is 5.60 Å². The van der Waals surface area contributed by atoms with Gasteiger partial charge in [0, 0.05) is 13.7 Å².